The van der Waals surface area contributed by atoms with Gasteiger partial charge in [0, 0.05) is 7.05 Å². The van der Waals surface area contributed by atoms with Crippen LogP contribution in [0, 0.1) is 6.92 Å². The Balaban J connectivity index is 2.51. The lowest BCUT2D eigenvalue weighted by atomic mass is 10.1. The van der Waals surface area contributed by atoms with Gasteiger partial charge in [-0.15, -0.1) is 0 Å². The number of nitrogens with two attached hydrogens (primary N) is 1. The molecule has 0 fully saturated rings. The van der Waals surface area contributed by atoms with Crippen LogP contribution in [0.4, 0.5) is 18.0 Å². The van der Waals surface area contributed by atoms with Gasteiger partial charge >= 0.3 is 12.2 Å². The smallest absolute Gasteiger partial charge is 0.351 e. The number of aromatic amines is 1. The van der Waals surface area contributed by atoms with Crippen LogP contribution in [0.15, 0.2) is 12.1 Å². The molecule has 0 saturated carbocycles. The third-order valence-electron chi connectivity index (χ3n) is 2.86. The standard InChI is InChI=1S/C12H13F3N4O/c1-6-3-7(12(13,14)15)10-8(4-6)17-9(18-10)5-19(2)11(16)20/h3-4H,5H2,1-2H3,(H2,16,20)(H,17,18). The maximum Gasteiger partial charge on any atom is 0.418 e. The number of nitrogens with one attached hydrogen (secondary N) is 1. The topological polar surface area (TPSA) is 75.0 Å². The number of alkyl halides is 3. The van der Waals surface area contributed by atoms with Crippen molar-refractivity contribution in [2.24, 2.45) is 5.73 Å². The molecule has 0 spiro atoms. The molecule has 20 heavy (non-hydrogen) atoms. The molecule has 1 aromatic heterocycles. The zero-order valence-electron chi connectivity index (χ0n) is 10.9. The van der Waals surface area contributed by atoms with E-state index in [4.69, 9.17) is 5.73 Å². The van der Waals surface area contributed by atoms with Crippen molar-refractivity contribution in [2.45, 2.75) is 19.6 Å². The van der Waals surface area contributed by atoms with Crippen molar-refractivity contribution < 1.29 is 18.0 Å². The summed E-state index contributed by atoms with van der Waals surface area (Å²) in [6.45, 7) is 1.58. The monoisotopic (exact) mass is 286 g/mol. The number of halogens is 3. The Morgan fingerprint density at radius 2 is 2.10 bits per heavy atom. The second-order valence-corrected chi connectivity index (χ2v) is 4.58. The van der Waals surface area contributed by atoms with Gasteiger partial charge in [0.1, 0.15) is 5.82 Å². The summed E-state index contributed by atoms with van der Waals surface area (Å²) in [7, 11) is 1.44. The minimum Gasteiger partial charge on any atom is -0.351 e. The molecule has 0 atom stereocenters. The number of rotatable bonds is 2. The largest absolute Gasteiger partial charge is 0.418 e. The number of carbonyl (C=O) groups excluding carboxylic acids is 1. The van der Waals surface area contributed by atoms with Crippen molar-refractivity contribution >= 4 is 17.1 Å². The average Bonchev–Trinajstić information content (AvgIpc) is 2.68. The molecule has 1 heterocycles. The number of hydrogen-bond acceptors (Lipinski definition) is 2. The molecule has 0 aliphatic rings. The highest BCUT2D eigenvalue weighted by atomic mass is 19.4. The lowest BCUT2D eigenvalue weighted by Gasteiger charge is -2.11. The molecule has 8 heteroatoms. The molecule has 0 aliphatic carbocycles. The zero-order chi connectivity index (χ0) is 15.1. The number of amides is 2. The molecule has 2 amide bonds. The van der Waals surface area contributed by atoms with E-state index >= 15 is 0 Å². The Kier molecular flexibility index (Phi) is 3.33. The predicted octanol–water partition coefficient (Wildman–Crippen LogP) is 2.40. The fourth-order valence-electron chi connectivity index (χ4n) is 1.91. The van der Waals surface area contributed by atoms with Crippen LogP contribution in [-0.2, 0) is 12.7 Å². The Morgan fingerprint density at radius 1 is 1.45 bits per heavy atom. The highest BCUT2D eigenvalue weighted by Gasteiger charge is 2.34. The number of primary amides is 1. The SMILES string of the molecule is Cc1cc(C(F)(F)F)c2[nH]c(CN(C)C(N)=O)nc2c1. The number of aryl methyl sites for hydroxylation is 1. The first-order chi connectivity index (χ1) is 9.18. The molecule has 108 valence electrons. The molecule has 0 saturated heterocycles. The summed E-state index contributed by atoms with van der Waals surface area (Å²) in [5.41, 5.74) is 4.89. The van der Waals surface area contributed by atoms with Crippen LogP contribution in [0.1, 0.15) is 17.0 Å². The van der Waals surface area contributed by atoms with Gasteiger partial charge in [-0.1, -0.05) is 0 Å². The summed E-state index contributed by atoms with van der Waals surface area (Å²) < 4.78 is 38.9. The first-order valence-electron chi connectivity index (χ1n) is 5.75. The summed E-state index contributed by atoms with van der Waals surface area (Å²) in [4.78, 5) is 18.7. The molecular weight excluding hydrogens is 273 g/mol. The van der Waals surface area contributed by atoms with Crippen LogP contribution in [-0.4, -0.2) is 27.9 Å². The molecule has 1 aromatic carbocycles. The number of aromatic nitrogens is 2. The molecule has 0 aliphatic heterocycles. The Hall–Kier alpha value is -2.25. The highest BCUT2D eigenvalue weighted by molar-refractivity contribution is 5.80. The van der Waals surface area contributed by atoms with Gasteiger partial charge in [0.15, 0.2) is 0 Å². The molecule has 0 bridgehead atoms. The van der Waals surface area contributed by atoms with Gasteiger partial charge in [0.25, 0.3) is 0 Å². The zero-order valence-corrected chi connectivity index (χ0v) is 10.9. The van der Waals surface area contributed by atoms with E-state index in [9.17, 15) is 18.0 Å². The van der Waals surface area contributed by atoms with Crippen molar-refractivity contribution in [1.29, 1.82) is 0 Å². The van der Waals surface area contributed by atoms with Crippen molar-refractivity contribution in [3.05, 3.63) is 29.1 Å². The summed E-state index contributed by atoms with van der Waals surface area (Å²) in [5.74, 6) is 0.248. The van der Waals surface area contributed by atoms with Crippen LogP contribution in [0.2, 0.25) is 0 Å². The Labute approximate surface area is 112 Å². The van der Waals surface area contributed by atoms with Gasteiger partial charge in [-0.25, -0.2) is 9.78 Å². The van der Waals surface area contributed by atoms with Gasteiger partial charge in [0.2, 0.25) is 0 Å². The predicted molar refractivity (Wildman–Crippen MR) is 66.9 cm³/mol. The van der Waals surface area contributed by atoms with Gasteiger partial charge < -0.3 is 15.6 Å². The molecule has 5 nitrogen and oxygen atoms in total. The first-order valence-corrected chi connectivity index (χ1v) is 5.75. The van der Waals surface area contributed by atoms with Crippen LogP contribution in [0.25, 0.3) is 11.0 Å². The van der Waals surface area contributed by atoms with E-state index in [1.54, 1.807) is 13.0 Å². The van der Waals surface area contributed by atoms with E-state index in [0.29, 0.717) is 5.56 Å². The van der Waals surface area contributed by atoms with E-state index < -0.39 is 17.8 Å². The number of nitrogens with zero attached hydrogens (tertiary/aromatic N) is 2. The average molecular weight is 286 g/mol. The Morgan fingerprint density at radius 3 is 2.65 bits per heavy atom. The van der Waals surface area contributed by atoms with Crippen molar-refractivity contribution in [1.82, 2.24) is 14.9 Å². The van der Waals surface area contributed by atoms with E-state index in [-0.39, 0.29) is 23.4 Å². The maximum absolute atomic E-state index is 13.0. The van der Waals surface area contributed by atoms with Crippen molar-refractivity contribution in [2.75, 3.05) is 7.05 Å². The lowest BCUT2D eigenvalue weighted by Crippen LogP contribution is -2.31. The van der Waals surface area contributed by atoms with Crippen LogP contribution >= 0.6 is 0 Å². The summed E-state index contributed by atoms with van der Waals surface area (Å²) in [5, 5.41) is 0. The number of imidazole rings is 1. The third kappa shape index (κ3) is 2.68. The Bertz CT molecular complexity index is 663. The van der Waals surface area contributed by atoms with Crippen molar-refractivity contribution in [3.8, 4) is 0 Å². The van der Waals surface area contributed by atoms with Crippen LogP contribution in [0.5, 0.6) is 0 Å². The molecular formula is C12H13F3N4O. The minimum absolute atomic E-state index is 0.0142. The minimum atomic E-state index is -4.47. The fraction of sp³-hybridized carbons (Fsp3) is 0.333. The van der Waals surface area contributed by atoms with E-state index in [1.807, 2.05) is 0 Å². The molecule has 0 unspecified atom stereocenters. The van der Waals surface area contributed by atoms with E-state index in [2.05, 4.69) is 9.97 Å². The van der Waals surface area contributed by atoms with E-state index in [0.717, 1.165) is 11.0 Å². The van der Waals surface area contributed by atoms with Gasteiger partial charge in [-0.3, -0.25) is 0 Å². The number of hydrogen-bond donors (Lipinski definition) is 2. The molecule has 2 aromatic rings. The second kappa shape index (κ2) is 4.69. The van der Waals surface area contributed by atoms with E-state index in [1.165, 1.54) is 7.05 Å². The summed E-state index contributed by atoms with van der Waals surface area (Å²) >= 11 is 0. The number of urea groups is 1. The number of benzene rings is 1. The fourth-order valence-corrected chi connectivity index (χ4v) is 1.91. The molecule has 0 radical (unpaired) electrons. The van der Waals surface area contributed by atoms with Gasteiger partial charge in [-0.05, 0) is 24.6 Å². The second-order valence-electron chi connectivity index (χ2n) is 4.58. The first kappa shape index (κ1) is 14.2. The van der Waals surface area contributed by atoms with Crippen LogP contribution in [0.3, 0.4) is 0 Å². The third-order valence-corrected chi connectivity index (χ3v) is 2.86. The quantitative estimate of drug-likeness (QED) is 0.889. The maximum atomic E-state index is 13.0. The lowest BCUT2D eigenvalue weighted by molar-refractivity contribution is -0.136. The summed E-state index contributed by atoms with van der Waals surface area (Å²) in [6.07, 6.45) is -4.47. The van der Waals surface area contributed by atoms with Crippen LogP contribution < -0.4 is 5.73 Å². The number of fused-ring (bicyclic) bond motifs is 1. The highest BCUT2D eigenvalue weighted by Crippen LogP contribution is 2.34. The van der Waals surface area contributed by atoms with Gasteiger partial charge in [-0.2, -0.15) is 13.2 Å². The van der Waals surface area contributed by atoms with Crippen molar-refractivity contribution in [3.63, 3.8) is 0 Å². The number of H-pyrrole nitrogens is 1. The summed E-state index contributed by atoms with van der Waals surface area (Å²) in [6, 6.07) is 1.93. The molecule has 3 N–H and O–H groups in total. The molecule has 2 rings (SSSR count). The van der Waals surface area contributed by atoms with Gasteiger partial charge in [0.05, 0.1) is 23.1 Å². The number of carbonyl (C=O) groups is 1. The normalized spacial score (nSPS) is 11.8.